The van der Waals surface area contributed by atoms with Crippen molar-refractivity contribution in [3.63, 3.8) is 0 Å². The minimum Gasteiger partial charge on any atom is -0.496 e. The van der Waals surface area contributed by atoms with Crippen LogP contribution in [0, 0.1) is 20.8 Å². The lowest BCUT2D eigenvalue weighted by Gasteiger charge is -2.09. The molecule has 0 bridgehead atoms. The molecule has 0 spiro atoms. The fraction of sp³-hybridized carbons (Fsp3) is 0.308. The molecule has 0 N–H and O–H groups in total. The van der Waals surface area contributed by atoms with E-state index >= 15 is 0 Å². The second-order valence-corrected chi connectivity index (χ2v) is 3.92. The first-order chi connectivity index (χ1) is 7.61. The molecule has 0 radical (unpaired) electrons. The van der Waals surface area contributed by atoms with Gasteiger partial charge in [-0.3, -0.25) is 0 Å². The molecule has 0 saturated carbocycles. The predicted octanol–water partition coefficient (Wildman–Crippen LogP) is 3.28. The van der Waals surface area contributed by atoms with Crippen molar-refractivity contribution < 1.29 is 9.15 Å². The summed E-state index contributed by atoms with van der Waals surface area (Å²) >= 11 is 0. The summed E-state index contributed by atoms with van der Waals surface area (Å²) in [7, 11) is 1.68. The summed E-state index contributed by atoms with van der Waals surface area (Å²) in [4.78, 5) is 4.22. The summed E-state index contributed by atoms with van der Waals surface area (Å²) < 4.78 is 10.8. The van der Waals surface area contributed by atoms with Crippen molar-refractivity contribution in [2.24, 2.45) is 0 Å². The van der Waals surface area contributed by atoms with Gasteiger partial charge in [0.2, 0.25) is 5.89 Å². The highest BCUT2D eigenvalue weighted by atomic mass is 16.5. The topological polar surface area (TPSA) is 35.3 Å². The van der Waals surface area contributed by atoms with Gasteiger partial charge in [-0.25, -0.2) is 4.98 Å². The van der Waals surface area contributed by atoms with Crippen LogP contribution in [-0.4, -0.2) is 12.1 Å². The average Bonchev–Trinajstić information content (AvgIpc) is 2.64. The molecule has 16 heavy (non-hydrogen) atoms. The molecule has 1 aromatic heterocycles. The molecule has 0 saturated heterocycles. The van der Waals surface area contributed by atoms with Gasteiger partial charge >= 0.3 is 0 Å². The molecular formula is C13H15NO2. The molecule has 3 nitrogen and oxygen atoms in total. The third-order valence-electron chi connectivity index (χ3n) is 2.53. The van der Waals surface area contributed by atoms with E-state index in [4.69, 9.17) is 9.15 Å². The van der Waals surface area contributed by atoms with Crippen LogP contribution >= 0.6 is 0 Å². The van der Waals surface area contributed by atoms with E-state index in [9.17, 15) is 0 Å². The maximum atomic E-state index is 5.50. The molecular weight excluding hydrogens is 202 g/mol. The zero-order valence-corrected chi connectivity index (χ0v) is 10.00. The van der Waals surface area contributed by atoms with Gasteiger partial charge in [0, 0.05) is 5.56 Å². The summed E-state index contributed by atoms with van der Waals surface area (Å²) in [5.74, 6) is 2.40. The van der Waals surface area contributed by atoms with E-state index < -0.39 is 0 Å². The van der Waals surface area contributed by atoms with Gasteiger partial charge in [-0.15, -0.1) is 0 Å². The van der Waals surface area contributed by atoms with Gasteiger partial charge in [-0.2, -0.15) is 0 Å². The second-order valence-electron chi connectivity index (χ2n) is 3.92. The molecule has 84 valence electrons. The van der Waals surface area contributed by atoms with E-state index in [-0.39, 0.29) is 0 Å². The highest BCUT2D eigenvalue weighted by Gasteiger charge is 2.10. The fourth-order valence-electron chi connectivity index (χ4n) is 1.88. The van der Waals surface area contributed by atoms with Crippen LogP contribution < -0.4 is 4.74 Å². The molecule has 1 aromatic carbocycles. The first-order valence-corrected chi connectivity index (χ1v) is 5.20. The Morgan fingerprint density at radius 3 is 2.19 bits per heavy atom. The molecule has 0 amide bonds. The van der Waals surface area contributed by atoms with E-state index in [1.54, 1.807) is 13.3 Å². The smallest absolute Gasteiger partial charge is 0.226 e. The minimum absolute atomic E-state index is 0.659. The van der Waals surface area contributed by atoms with Gasteiger partial charge in [-0.05, 0) is 44.0 Å². The third kappa shape index (κ3) is 1.81. The highest BCUT2D eigenvalue weighted by molar-refractivity contribution is 5.60. The number of rotatable bonds is 2. The van der Waals surface area contributed by atoms with Crippen LogP contribution in [0.1, 0.15) is 16.9 Å². The number of aryl methyl sites for hydroxylation is 3. The van der Waals surface area contributed by atoms with Crippen LogP contribution in [0.5, 0.6) is 5.75 Å². The van der Waals surface area contributed by atoms with Crippen molar-refractivity contribution in [3.05, 3.63) is 35.2 Å². The molecule has 0 aliphatic heterocycles. The zero-order chi connectivity index (χ0) is 11.7. The number of nitrogens with zero attached hydrogens (tertiary/aromatic N) is 1. The van der Waals surface area contributed by atoms with Crippen LogP contribution in [0.3, 0.4) is 0 Å². The summed E-state index contributed by atoms with van der Waals surface area (Å²) in [5, 5.41) is 0. The molecule has 0 atom stereocenters. The number of methoxy groups -OCH3 is 1. The lowest BCUT2D eigenvalue weighted by Crippen LogP contribution is -1.92. The van der Waals surface area contributed by atoms with Crippen molar-refractivity contribution in [2.75, 3.05) is 7.11 Å². The SMILES string of the molecule is COc1c(C)cc(-c2ncc(C)o2)cc1C. The first kappa shape index (κ1) is 10.7. The van der Waals surface area contributed by atoms with E-state index in [0.29, 0.717) is 5.89 Å². The molecule has 2 rings (SSSR count). The minimum atomic E-state index is 0.659. The van der Waals surface area contributed by atoms with Crippen LogP contribution in [0.4, 0.5) is 0 Å². The van der Waals surface area contributed by atoms with Crippen molar-refractivity contribution in [2.45, 2.75) is 20.8 Å². The Bertz CT molecular complexity index is 491. The monoisotopic (exact) mass is 217 g/mol. The lowest BCUT2D eigenvalue weighted by atomic mass is 10.1. The number of hydrogen-bond donors (Lipinski definition) is 0. The molecule has 1 heterocycles. The molecule has 0 unspecified atom stereocenters. The molecule has 0 aliphatic rings. The van der Waals surface area contributed by atoms with E-state index in [1.165, 1.54) is 0 Å². The standard InChI is InChI=1S/C13H15NO2/c1-8-5-11(6-9(2)12(8)15-4)13-14-7-10(3)16-13/h5-7H,1-4H3. The number of hydrogen-bond acceptors (Lipinski definition) is 3. The summed E-state index contributed by atoms with van der Waals surface area (Å²) in [6, 6.07) is 4.05. The van der Waals surface area contributed by atoms with Crippen LogP contribution in [0.25, 0.3) is 11.5 Å². The summed E-state index contributed by atoms with van der Waals surface area (Å²) in [6.07, 6.45) is 1.73. The number of aromatic nitrogens is 1. The maximum absolute atomic E-state index is 5.50. The number of ether oxygens (including phenoxy) is 1. The highest BCUT2D eigenvalue weighted by Crippen LogP contribution is 2.29. The van der Waals surface area contributed by atoms with Gasteiger partial charge in [0.25, 0.3) is 0 Å². The van der Waals surface area contributed by atoms with Crippen LogP contribution in [0.2, 0.25) is 0 Å². The quantitative estimate of drug-likeness (QED) is 0.774. The van der Waals surface area contributed by atoms with Gasteiger partial charge in [0.15, 0.2) is 0 Å². The van der Waals surface area contributed by atoms with Crippen molar-refractivity contribution in [1.29, 1.82) is 0 Å². The van der Waals surface area contributed by atoms with Crippen molar-refractivity contribution in [3.8, 4) is 17.2 Å². The van der Waals surface area contributed by atoms with Crippen LogP contribution in [-0.2, 0) is 0 Å². The Morgan fingerprint density at radius 1 is 1.12 bits per heavy atom. The Kier molecular flexibility index (Phi) is 2.69. The largest absolute Gasteiger partial charge is 0.496 e. The molecule has 2 aromatic rings. The second kappa shape index (κ2) is 4.00. The number of oxazole rings is 1. The predicted molar refractivity (Wildman–Crippen MR) is 62.7 cm³/mol. The van der Waals surface area contributed by atoms with E-state index in [1.807, 2.05) is 32.9 Å². The maximum Gasteiger partial charge on any atom is 0.226 e. The van der Waals surface area contributed by atoms with Crippen LogP contribution in [0.15, 0.2) is 22.7 Å². The molecule has 3 heteroatoms. The third-order valence-corrected chi connectivity index (χ3v) is 2.53. The molecule has 0 aliphatic carbocycles. The Labute approximate surface area is 95.1 Å². The van der Waals surface area contributed by atoms with Gasteiger partial charge in [-0.1, -0.05) is 0 Å². The first-order valence-electron chi connectivity index (χ1n) is 5.20. The normalized spacial score (nSPS) is 10.5. The zero-order valence-electron chi connectivity index (χ0n) is 10.00. The van der Waals surface area contributed by atoms with E-state index in [2.05, 4.69) is 4.98 Å². The fourth-order valence-corrected chi connectivity index (χ4v) is 1.88. The van der Waals surface area contributed by atoms with Gasteiger partial charge < -0.3 is 9.15 Å². The molecule has 0 fully saturated rings. The van der Waals surface area contributed by atoms with Gasteiger partial charge in [0.05, 0.1) is 13.3 Å². The summed E-state index contributed by atoms with van der Waals surface area (Å²) in [5.41, 5.74) is 3.17. The Hall–Kier alpha value is -1.77. The van der Waals surface area contributed by atoms with Gasteiger partial charge in [0.1, 0.15) is 11.5 Å². The van der Waals surface area contributed by atoms with Crippen molar-refractivity contribution in [1.82, 2.24) is 4.98 Å². The summed E-state index contributed by atoms with van der Waals surface area (Å²) in [6.45, 7) is 5.93. The number of benzene rings is 1. The van der Waals surface area contributed by atoms with E-state index in [0.717, 1.165) is 28.2 Å². The Morgan fingerprint density at radius 2 is 1.75 bits per heavy atom. The average molecular weight is 217 g/mol. The lowest BCUT2D eigenvalue weighted by molar-refractivity contribution is 0.408. The van der Waals surface area contributed by atoms with Crippen molar-refractivity contribution >= 4 is 0 Å². The Balaban J connectivity index is 2.52.